The van der Waals surface area contributed by atoms with Crippen molar-refractivity contribution in [3.8, 4) is 5.75 Å². The predicted octanol–water partition coefficient (Wildman–Crippen LogP) is 5.78. The Labute approximate surface area is 199 Å². The van der Waals surface area contributed by atoms with Crippen LogP contribution in [0.4, 0.5) is 5.69 Å². The van der Waals surface area contributed by atoms with E-state index >= 15 is 0 Å². The zero-order valence-electron chi connectivity index (χ0n) is 19.0. The number of ether oxygens (including phenoxy) is 1. The van der Waals surface area contributed by atoms with E-state index < -0.39 is 0 Å². The Bertz CT molecular complexity index is 1290. The molecule has 0 aliphatic carbocycles. The third-order valence-corrected chi connectivity index (χ3v) is 6.13. The molecule has 1 saturated heterocycles. The van der Waals surface area contributed by atoms with Gasteiger partial charge in [-0.2, -0.15) is 5.10 Å². The van der Waals surface area contributed by atoms with Crippen molar-refractivity contribution in [1.29, 1.82) is 0 Å². The summed E-state index contributed by atoms with van der Waals surface area (Å²) in [7, 11) is 0. The number of amides is 1. The highest BCUT2D eigenvalue weighted by Gasteiger charge is 2.12. The summed E-state index contributed by atoms with van der Waals surface area (Å²) in [6, 6.07) is 29.9. The first-order valence-electron chi connectivity index (χ1n) is 11.6. The summed E-state index contributed by atoms with van der Waals surface area (Å²) >= 11 is 0. The molecule has 4 aromatic rings. The van der Waals surface area contributed by atoms with Gasteiger partial charge in [-0.1, -0.05) is 42.5 Å². The van der Waals surface area contributed by atoms with Crippen molar-refractivity contribution in [2.45, 2.75) is 19.4 Å². The Hall–Kier alpha value is -4.12. The molecule has 4 aromatic carbocycles. The van der Waals surface area contributed by atoms with Gasteiger partial charge in [0.1, 0.15) is 12.4 Å². The van der Waals surface area contributed by atoms with E-state index in [-0.39, 0.29) is 5.91 Å². The number of hydrazone groups is 1. The number of nitrogens with one attached hydrogen (secondary N) is 1. The predicted molar refractivity (Wildman–Crippen MR) is 138 cm³/mol. The van der Waals surface area contributed by atoms with Crippen LogP contribution in [0.3, 0.4) is 0 Å². The zero-order valence-corrected chi connectivity index (χ0v) is 19.0. The molecule has 0 bridgehead atoms. The second kappa shape index (κ2) is 10.2. The number of carbonyl (C=O) groups excluding carboxylic acids is 1. The van der Waals surface area contributed by atoms with Crippen LogP contribution in [0.5, 0.6) is 5.75 Å². The van der Waals surface area contributed by atoms with Gasteiger partial charge in [-0.25, -0.2) is 5.43 Å². The molecule has 0 saturated carbocycles. The summed E-state index contributed by atoms with van der Waals surface area (Å²) in [6.07, 6.45) is 4.09. The van der Waals surface area contributed by atoms with Gasteiger partial charge in [-0.3, -0.25) is 4.79 Å². The number of fused-ring (bicyclic) bond motifs is 1. The average Bonchev–Trinajstić information content (AvgIpc) is 3.43. The lowest BCUT2D eigenvalue weighted by atomic mass is 10.1. The minimum atomic E-state index is -0.223. The van der Waals surface area contributed by atoms with Crippen molar-refractivity contribution < 1.29 is 9.53 Å². The molecule has 170 valence electrons. The van der Waals surface area contributed by atoms with Crippen molar-refractivity contribution in [2.75, 3.05) is 18.0 Å². The molecule has 0 aromatic heterocycles. The number of anilines is 1. The highest BCUT2D eigenvalue weighted by molar-refractivity contribution is 5.95. The van der Waals surface area contributed by atoms with E-state index in [1.54, 1.807) is 6.21 Å². The van der Waals surface area contributed by atoms with Crippen LogP contribution in [-0.4, -0.2) is 25.2 Å². The summed E-state index contributed by atoms with van der Waals surface area (Å²) < 4.78 is 5.98. The summed E-state index contributed by atoms with van der Waals surface area (Å²) in [5, 5.41) is 6.51. The summed E-state index contributed by atoms with van der Waals surface area (Å²) in [6.45, 7) is 2.67. The highest BCUT2D eigenvalue weighted by Crippen LogP contribution is 2.22. The molecule has 1 N–H and O–H groups in total. The number of hydrogen-bond acceptors (Lipinski definition) is 4. The molecule has 34 heavy (non-hydrogen) atoms. The lowest BCUT2D eigenvalue weighted by molar-refractivity contribution is 0.0955. The Morgan fingerprint density at radius 3 is 2.41 bits per heavy atom. The fourth-order valence-corrected chi connectivity index (χ4v) is 4.26. The molecule has 1 amide bonds. The van der Waals surface area contributed by atoms with E-state index in [0.29, 0.717) is 12.2 Å². The van der Waals surface area contributed by atoms with Crippen molar-refractivity contribution >= 4 is 28.6 Å². The Kier molecular flexibility index (Phi) is 6.52. The monoisotopic (exact) mass is 449 g/mol. The van der Waals surface area contributed by atoms with Gasteiger partial charge in [-0.15, -0.1) is 0 Å². The van der Waals surface area contributed by atoms with Crippen LogP contribution in [0.2, 0.25) is 0 Å². The van der Waals surface area contributed by atoms with Gasteiger partial charge in [0.25, 0.3) is 5.91 Å². The third kappa shape index (κ3) is 5.09. The van der Waals surface area contributed by atoms with Crippen molar-refractivity contribution in [1.82, 2.24) is 5.43 Å². The van der Waals surface area contributed by atoms with Gasteiger partial charge in [0.2, 0.25) is 0 Å². The first-order chi connectivity index (χ1) is 16.8. The minimum absolute atomic E-state index is 0.223. The molecule has 1 aliphatic rings. The Morgan fingerprint density at radius 2 is 1.62 bits per heavy atom. The molecule has 0 spiro atoms. The molecule has 0 radical (unpaired) electrons. The van der Waals surface area contributed by atoms with E-state index in [2.05, 4.69) is 45.8 Å². The van der Waals surface area contributed by atoms with Crippen LogP contribution in [-0.2, 0) is 6.61 Å². The van der Waals surface area contributed by atoms with Crippen LogP contribution in [0.25, 0.3) is 10.8 Å². The molecule has 1 fully saturated rings. The normalized spacial score (nSPS) is 13.5. The van der Waals surface area contributed by atoms with Gasteiger partial charge < -0.3 is 9.64 Å². The van der Waals surface area contributed by atoms with Gasteiger partial charge in [0.15, 0.2) is 0 Å². The molecule has 1 heterocycles. The zero-order chi connectivity index (χ0) is 23.2. The average molecular weight is 450 g/mol. The van der Waals surface area contributed by atoms with Crippen molar-refractivity contribution in [3.63, 3.8) is 0 Å². The van der Waals surface area contributed by atoms with E-state index in [9.17, 15) is 4.79 Å². The maximum absolute atomic E-state index is 12.4. The minimum Gasteiger partial charge on any atom is -0.489 e. The first kappa shape index (κ1) is 21.7. The van der Waals surface area contributed by atoms with E-state index in [4.69, 9.17) is 4.74 Å². The fraction of sp³-hybridized carbons (Fsp3) is 0.172. The SMILES string of the molecule is O=C(N/N=C\c1ccc(OCc2cccc3ccccc23)cc1)c1ccc(N2CCCC2)cc1. The van der Waals surface area contributed by atoms with Crippen LogP contribution >= 0.6 is 0 Å². The van der Waals surface area contributed by atoms with Crippen LogP contribution in [0.1, 0.15) is 34.3 Å². The molecule has 0 atom stereocenters. The summed E-state index contributed by atoms with van der Waals surface area (Å²) in [5.74, 6) is 0.562. The molecular formula is C29H27N3O2. The van der Waals surface area contributed by atoms with Crippen LogP contribution in [0, 0.1) is 0 Å². The quantitative estimate of drug-likeness (QED) is 0.287. The number of carbonyl (C=O) groups is 1. The number of nitrogens with zero attached hydrogens (tertiary/aromatic N) is 2. The standard InChI is InChI=1S/C29H27N3O2/c33-29(24-12-14-26(15-13-24)32-18-3-4-19-32)31-30-20-22-10-16-27(17-11-22)34-21-25-8-5-7-23-6-1-2-9-28(23)25/h1-2,5-17,20H,3-4,18-19,21H2,(H,31,33)/b30-20-. The molecule has 1 aliphatic heterocycles. The highest BCUT2D eigenvalue weighted by atomic mass is 16.5. The second-order valence-corrected chi connectivity index (χ2v) is 8.44. The maximum Gasteiger partial charge on any atom is 0.271 e. The molecular weight excluding hydrogens is 422 g/mol. The maximum atomic E-state index is 12.4. The van der Waals surface area contributed by atoms with Gasteiger partial charge in [0, 0.05) is 24.3 Å². The lowest BCUT2D eigenvalue weighted by Gasteiger charge is -2.17. The molecule has 5 rings (SSSR count). The lowest BCUT2D eigenvalue weighted by Crippen LogP contribution is -2.19. The van der Waals surface area contributed by atoms with Gasteiger partial charge in [-0.05, 0) is 83.3 Å². The molecule has 5 heteroatoms. The van der Waals surface area contributed by atoms with Gasteiger partial charge in [0.05, 0.1) is 6.21 Å². The molecule has 5 nitrogen and oxygen atoms in total. The summed E-state index contributed by atoms with van der Waals surface area (Å²) in [5.41, 5.74) is 6.39. The third-order valence-electron chi connectivity index (χ3n) is 6.13. The summed E-state index contributed by atoms with van der Waals surface area (Å²) in [4.78, 5) is 14.7. The number of benzene rings is 4. The number of rotatable bonds is 7. The van der Waals surface area contributed by atoms with Crippen LogP contribution < -0.4 is 15.1 Å². The number of hydrogen-bond donors (Lipinski definition) is 1. The largest absolute Gasteiger partial charge is 0.489 e. The Morgan fingerprint density at radius 1 is 0.882 bits per heavy atom. The second-order valence-electron chi connectivity index (χ2n) is 8.44. The van der Waals surface area contributed by atoms with Gasteiger partial charge >= 0.3 is 0 Å². The van der Waals surface area contributed by atoms with Crippen LogP contribution in [0.15, 0.2) is 96.1 Å². The smallest absolute Gasteiger partial charge is 0.271 e. The van der Waals surface area contributed by atoms with E-state index in [1.807, 2.05) is 60.7 Å². The van der Waals surface area contributed by atoms with E-state index in [0.717, 1.165) is 30.0 Å². The van der Waals surface area contributed by atoms with Crippen molar-refractivity contribution in [2.24, 2.45) is 5.10 Å². The molecule has 0 unspecified atom stereocenters. The first-order valence-corrected chi connectivity index (χ1v) is 11.6. The Balaban J connectivity index is 1.14. The topological polar surface area (TPSA) is 53.9 Å². The van der Waals surface area contributed by atoms with E-state index in [1.165, 1.54) is 29.3 Å². The van der Waals surface area contributed by atoms with Crippen molar-refractivity contribution in [3.05, 3.63) is 108 Å². The fourth-order valence-electron chi connectivity index (χ4n) is 4.26.